The zero-order valence-electron chi connectivity index (χ0n) is 21.7. The molecule has 1 heterocycles. The van der Waals surface area contributed by atoms with Gasteiger partial charge in [0.1, 0.15) is 0 Å². The van der Waals surface area contributed by atoms with Crippen LogP contribution in [0.25, 0.3) is 22.0 Å². The van der Waals surface area contributed by atoms with Crippen LogP contribution in [0.1, 0.15) is 21.6 Å². The van der Waals surface area contributed by atoms with E-state index in [1.165, 1.54) is 0 Å². The Morgan fingerprint density at radius 1 is 0.525 bits per heavy atom. The van der Waals surface area contributed by atoms with Gasteiger partial charge in [-0.3, -0.25) is 14.5 Å². The van der Waals surface area contributed by atoms with Crippen LogP contribution in [0.3, 0.4) is 0 Å². The van der Waals surface area contributed by atoms with E-state index in [-0.39, 0.29) is 5.78 Å². The molecule has 4 heteroatoms. The Balaban J connectivity index is 1.71. The molecule has 0 amide bonds. The lowest BCUT2D eigenvalue weighted by atomic mass is 9.84. The molecular weight excluding hydrogens is 507 g/mol. The zero-order valence-corrected chi connectivity index (χ0v) is 22.6. The first-order valence-electron chi connectivity index (χ1n) is 13.3. The summed E-state index contributed by atoms with van der Waals surface area (Å²) in [6, 6.07) is 49.4. The maximum atomic E-state index is 14.4. The first-order chi connectivity index (χ1) is 19.8. The lowest BCUT2D eigenvalue weighted by Gasteiger charge is -2.29. The second-order valence-electron chi connectivity index (χ2n) is 9.72. The van der Waals surface area contributed by atoms with Crippen LogP contribution >= 0.6 is 7.05 Å². The molecule has 0 atom stereocenters. The summed E-state index contributed by atoms with van der Waals surface area (Å²) in [6.45, 7) is 0. The maximum Gasteiger partial charge on any atom is 0.198 e. The fraction of sp³-hybridized carbons (Fsp3) is 0. The Bertz CT molecular complexity index is 1840. The highest BCUT2D eigenvalue weighted by atomic mass is 31.2. The van der Waals surface area contributed by atoms with Crippen molar-refractivity contribution in [1.82, 2.24) is 4.98 Å². The van der Waals surface area contributed by atoms with Crippen molar-refractivity contribution < 1.29 is 4.79 Å². The van der Waals surface area contributed by atoms with Crippen molar-refractivity contribution in [2.45, 2.75) is 0 Å². The quantitative estimate of drug-likeness (QED) is 0.216. The summed E-state index contributed by atoms with van der Waals surface area (Å²) in [7, 11) is -2.64. The summed E-state index contributed by atoms with van der Waals surface area (Å²) in [4.78, 5) is 19.0. The SMILES string of the molecule is O=C1C(c2ccccn2)=C(N=P(c2ccccc2)(c2ccccc2)c2ccccc2)c2cccc3cccc1c23. The number of nitrogens with zero attached hydrogens (tertiary/aromatic N) is 2. The van der Waals surface area contributed by atoms with Gasteiger partial charge in [0.2, 0.25) is 0 Å². The molecule has 0 bridgehead atoms. The molecule has 0 unspecified atom stereocenters. The van der Waals surface area contributed by atoms with Crippen LogP contribution in [0, 0.1) is 0 Å². The fourth-order valence-corrected chi connectivity index (χ4v) is 9.22. The highest BCUT2D eigenvalue weighted by Crippen LogP contribution is 2.52. The van der Waals surface area contributed by atoms with Crippen molar-refractivity contribution in [3.63, 3.8) is 0 Å². The van der Waals surface area contributed by atoms with E-state index >= 15 is 0 Å². The van der Waals surface area contributed by atoms with E-state index in [2.05, 4.69) is 102 Å². The monoisotopic (exact) mass is 532 g/mol. The lowest BCUT2D eigenvalue weighted by molar-refractivity contribution is 0.105. The second-order valence-corrected chi connectivity index (χ2v) is 12.7. The number of benzene rings is 5. The molecule has 190 valence electrons. The molecule has 1 aromatic heterocycles. The molecule has 1 aliphatic rings. The highest BCUT2D eigenvalue weighted by Gasteiger charge is 2.33. The van der Waals surface area contributed by atoms with Crippen LogP contribution in [-0.4, -0.2) is 10.8 Å². The minimum atomic E-state index is -2.64. The molecule has 0 saturated carbocycles. The van der Waals surface area contributed by atoms with Crippen LogP contribution in [0.4, 0.5) is 0 Å². The molecule has 7 rings (SSSR count). The van der Waals surface area contributed by atoms with E-state index in [1.54, 1.807) is 6.20 Å². The van der Waals surface area contributed by atoms with Crippen molar-refractivity contribution in [2.75, 3.05) is 0 Å². The number of Topliss-reactive ketones (excluding diaryl/α,β-unsaturated/α-hetero) is 1. The molecule has 5 aromatic carbocycles. The number of pyridine rings is 1. The molecule has 0 spiro atoms. The number of aromatic nitrogens is 1. The Morgan fingerprint density at radius 2 is 1.05 bits per heavy atom. The minimum absolute atomic E-state index is 0.0472. The third-order valence-electron chi connectivity index (χ3n) is 7.43. The molecular formula is C36H25N2OP. The van der Waals surface area contributed by atoms with Gasteiger partial charge in [-0.1, -0.05) is 133 Å². The van der Waals surface area contributed by atoms with Crippen LogP contribution in [0.15, 0.2) is 157 Å². The number of allylic oxidation sites excluding steroid dienone is 1. The summed E-state index contributed by atoms with van der Waals surface area (Å²) in [6.07, 6.45) is 1.74. The number of hydrogen-bond donors (Lipinski definition) is 0. The highest BCUT2D eigenvalue weighted by molar-refractivity contribution is 7.87. The van der Waals surface area contributed by atoms with Gasteiger partial charge in [0.25, 0.3) is 0 Å². The van der Waals surface area contributed by atoms with Crippen LogP contribution < -0.4 is 15.9 Å². The van der Waals surface area contributed by atoms with Gasteiger partial charge in [-0.2, -0.15) is 0 Å². The van der Waals surface area contributed by atoms with Gasteiger partial charge in [-0.15, -0.1) is 0 Å². The second kappa shape index (κ2) is 10.0. The van der Waals surface area contributed by atoms with Gasteiger partial charge < -0.3 is 0 Å². The standard InChI is InChI=1S/C36H25N2OP/c39-36-31-23-13-15-26-14-12-22-30(33(26)31)35(34(36)32-24-10-11-25-37-32)38-40(27-16-4-1-5-17-27,28-18-6-2-7-19-28)29-20-8-3-9-21-29/h1-25H. The molecule has 6 aromatic rings. The number of rotatable bonds is 5. The average Bonchev–Trinajstić information content (AvgIpc) is 3.04. The van der Waals surface area contributed by atoms with E-state index in [0.717, 1.165) is 32.2 Å². The van der Waals surface area contributed by atoms with Gasteiger partial charge in [-0.05, 0) is 17.5 Å². The zero-order chi connectivity index (χ0) is 26.9. The Hall–Kier alpha value is -4.85. The number of carbonyl (C=O) groups is 1. The average molecular weight is 533 g/mol. The smallest absolute Gasteiger partial charge is 0.198 e. The number of ketones is 1. The molecule has 1 aliphatic carbocycles. The third-order valence-corrected chi connectivity index (χ3v) is 11.1. The fourth-order valence-electron chi connectivity index (χ4n) is 5.66. The van der Waals surface area contributed by atoms with Gasteiger partial charge in [0.05, 0.1) is 24.0 Å². The van der Waals surface area contributed by atoms with Gasteiger partial charge in [0, 0.05) is 38.6 Å². The van der Waals surface area contributed by atoms with E-state index in [1.807, 2.05) is 48.5 Å². The van der Waals surface area contributed by atoms with Crippen LogP contribution in [0.5, 0.6) is 0 Å². The summed E-state index contributed by atoms with van der Waals surface area (Å²) in [5.41, 5.74) is 3.51. The molecule has 40 heavy (non-hydrogen) atoms. The van der Waals surface area contributed by atoms with Crippen LogP contribution in [0.2, 0.25) is 0 Å². The van der Waals surface area contributed by atoms with Crippen molar-refractivity contribution in [3.8, 4) is 0 Å². The Kier molecular flexibility index (Phi) is 6.07. The van der Waals surface area contributed by atoms with Crippen molar-refractivity contribution >= 4 is 50.8 Å². The van der Waals surface area contributed by atoms with Crippen LogP contribution in [-0.2, 0) is 0 Å². The summed E-state index contributed by atoms with van der Waals surface area (Å²) in [5, 5.41) is 5.34. The third kappa shape index (κ3) is 3.87. The van der Waals surface area contributed by atoms with Gasteiger partial charge in [-0.25, -0.2) is 0 Å². The molecule has 0 fully saturated rings. The van der Waals surface area contributed by atoms with E-state index in [9.17, 15) is 4.79 Å². The topological polar surface area (TPSA) is 42.3 Å². The predicted molar refractivity (Wildman–Crippen MR) is 167 cm³/mol. The van der Waals surface area contributed by atoms with E-state index < -0.39 is 7.05 Å². The van der Waals surface area contributed by atoms with Crippen molar-refractivity contribution in [1.29, 1.82) is 0 Å². The Morgan fingerprint density at radius 3 is 1.57 bits per heavy atom. The minimum Gasteiger partial charge on any atom is -0.288 e. The maximum absolute atomic E-state index is 14.4. The van der Waals surface area contributed by atoms with E-state index in [0.29, 0.717) is 22.5 Å². The van der Waals surface area contributed by atoms with Gasteiger partial charge >= 0.3 is 0 Å². The largest absolute Gasteiger partial charge is 0.288 e. The van der Waals surface area contributed by atoms with Crippen molar-refractivity contribution in [2.24, 2.45) is 4.74 Å². The summed E-state index contributed by atoms with van der Waals surface area (Å²) in [5.74, 6) is -0.0472. The molecule has 0 N–H and O–H groups in total. The first-order valence-corrected chi connectivity index (χ1v) is 15.0. The molecule has 3 nitrogen and oxygen atoms in total. The number of carbonyl (C=O) groups excluding carboxylic acids is 1. The lowest BCUT2D eigenvalue weighted by Crippen LogP contribution is -2.25. The normalized spacial score (nSPS) is 12.9. The molecule has 0 saturated heterocycles. The summed E-state index contributed by atoms with van der Waals surface area (Å²) >= 11 is 0. The van der Waals surface area contributed by atoms with Gasteiger partial charge in [0.15, 0.2) is 5.78 Å². The van der Waals surface area contributed by atoms with Crippen molar-refractivity contribution in [3.05, 3.63) is 169 Å². The first kappa shape index (κ1) is 24.2. The number of hydrogen-bond acceptors (Lipinski definition) is 3. The van der Waals surface area contributed by atoms with E-state index in [4.69, 9.17) is 4.74 Å². The molecule has 0 radical (unpaired) electrons. The molecule has 0 aliphatic heterocycles. The predicted octanol–water partition coefficient (Wildman–Crippen LogP) is 7.48. The Labute approximate surface area is 233 Å². The summed E-state index contributed by atoms with van der Waals surface area (Å²) < 4.78 is 5.84.